The van der Waals surface area contributed by atoms with Gasteiger partial charge in [0.1, 0.15) is 22.2 Å². The molecule has 0 bridgehead atoms. The van der Waals surface area contributed by atoms with Gasteiger partial charge in [-0.05, 0) is 12.8 Å². The van der Waals surface area contributed by atoms with Gasteiger partial charge in [-0.2, -0.15) is 0 Å². The number of halogens is 1. The molecule has 0 saturated heterocycles. The van der Waals surface area contributed by atoms with Crippen molar-refractivity contribution in [3.8, 4) is 0 Å². The second-order valence-electron chi connectivity index (χ2n) is 4.67. The topological polar surface area (TPSA) is 78.9 Å². The van der Waals surface area contributed by atoms with E-state index < -0.39 is 5.97 Å². The molecule has 0 amide bonds. The Bertz CT molecular complexity index is 619. The highest BCUT2D eigenvalue weighted by Gasteiger charge is 2.20. The van der Waals surface area contributed by atoms with Gasteiger partial charge >= 0.3 is 5.97 Å². The minimum Gasteiger partial charge on any atom is -0.478 e. The summed E-state index contributed by atoms with van der Waals surface area (Å²) < 4.78 is 0. The standard InChI is InChI=1S/C12H14ClN3O2/c1-5(2)4-7-14-6(3)8-9(12(17)18)10(13)16-11(8)15-7/h5H,4H2,1-3H3,(H,17,18)(H,14,15,16). The minimum atomic E-state index is -1.07. The molecular formula is C12H14ClN3O2. The molecule has 0 aromatic carbocycles. The van der Waals surface area contributed by atoms with Crippen LogP contribution in [-0.4, -0.2) is 26.0 Å². The Morgan fingerprint density at radius 1 is 1.44 bits per heavy atom. The molecule has 5 nitrogen and oxygen atoms in total. The monoisotopic (exact) mass is 267 g/mol. The van der Waals surface area contributed by atoms with Crippen molar-refractivity contribution in [2.45, 2.75) is 27.2 Å². The van der Waals surface area contributed by atoms with Gasteiger partial charge < -0.3 is 10.1 Å². The van der Waals surface area contributed by atoms with Crippen LogP contribution in [0, 0.1) is 12.8 Å². The lowest BCUT2D eigenvalue weighted by molar-refractivity contribution is 0.0699. The van der Waals surface area contributed by atoms with Crippen LogP contribution < -0.4 is 0 Å². The maximum absolute atomic E-state index is 11.2. The lowest BCUT2D eigenvalue weighted by Crippen LogP contribution is -2.04. The minimum absolute atomic E-state index is 0.0419. The average Bonchev–Trinajstić information content (AvgIpc) is 2.53. The maximum atomic E-state index is 11.2. The van der Waals surface area contributed by atoms with E-state index in [1.807, 2.05) is 0 Å². The average molecular weight is 268 g/mol. The van der Waals surface area contributed by atoms with Crippen molar-refractivity contribution < 1.29 is 9.90 Å². The Hall–Kier alpha value is -1.62. The molecule has 0 saturated carbocycles. The fourth-order valence-electron chi connectivity index (χ4n) is 1.95. The van der Waals surface area contributed by atoms with Crippen LogP contribution in [0.25, 0.3) is 11.0 Å². The number of nitrogens with one attached hydrogen (secondary N) is 1. The van der Waals surface area contributed by atoms with E-state index in [1.54, 1.807) is 6.92 Å². The molecule has 2 N–H and O–H groups in total. The highest BCUT2D eigenvalue weighted by Crippen LogP contribution is 2.27. The van der Waals surface area contributed by atoms with Gasteiger partial charge in [0.15, 0.2) is 0 Å². The number of carboxylic acids is 1. The van der Waals surface area contributed by atoms with Gasteiger partial charge in [-0.15, -0.1) is 0 Å². The summed E-state index contributed by atoms with van der Waals surface area (Å²) >= 11 is 5.89. The second-order valence-corrected chi connectivity index (χ2v) is 5.04. The van der Waals surface area contributed by atoms with Gasteiger partial charge in [0, 0.05) is 6.42 Å². The summed E-state index contributed by atoms with van der Waals surface area (Å²) in [5.74, 6) is 0.0608. The van der Waals surface area contributed by atoms with Gasteiger partial charge in [0.2, 0.25) is 0 Å². The number of nitrogens with zero attached hydrogens (tertiary/aromatic N) is 2. The Morgan fingerprint density at radius 2 is 2.11 bits per heavy atom. The van der Waals surface area contributed by atoms with Crippen molar-refractivity contribution in [2.24, 2.45) is 5.92 Å². The van der Waals surface area contributed by atoms with E-state index >= 15 is 0 Å². The number of aromatic nitrogens is 3. The zero-order valence-corrected chi connectivity index (χ0v) is 11.2. The summed E-state index contributed by atoms with van der Waals surface area (Å²) in [6.07, 6.45) is 0.746. The number of aromatic amines is 1. The summed E-state index contributed by atoms with van der Waals surface area (Å²) in [4.78, 5) is 22.6. The van der Waals surface area contributed by atoms with Crippen LogP contribution in [-0.2, 0) is 6.42 Å². The van der Waals surface area contributed by atoms with Crippen LogP contribution in [0.2, 0.25) is 5.15 Å². The van der Waals surface area contributed by atoms with Crippen molar-refractivity contribution in [1.29, 1.82) is 0 Å². The molecule has 0 atom stereocenters. The van der Waals surface area contributed by atoms with Crippen LogP contribution >= 0.6 is 11.6 Å². The molecule has 0 spiro atoms. The van der Waals surface area contributed by atoms with Gasteiger partial charge in [0.25, 0.3) is 0 Å². The smallest absolute Gasteiger partial charge is 0.339 e. The third-order valence-electron chi connectivity index (χ3n) is 2.64. The molecule has 0 aliphatic rings. The lowest BCUT2D eigenvalue weighted by Gasteiger charge is -2.05. The summed E-state index contributed by atoms with van der Waals surface area (Å²) in [6, 6.07) is 0. The van der Waals surface area contributed by atoms with E-state index in [2.05, 4.69) is 28.8 Å². The first kappa shape index (κ1) is 12.8. The van der Waals surface area contributed by atoms with Crippen LogP contribution in [0.5, 0.6) is 0 Å². The Balaban J connectivity index is 2.66. The quantitative estimate of drug-likeness (QED) is 0.896. The summed E-state index contributed by atoms with van der Waals surface area (Å²) in [5, 5.41) is 9.71. The van der Waals surface area contributed by atoms with Gasteiger partial charge in [-0.25, -0.2) is 14.8 Å². The molecule has 0 aliphatic carbocycles. The predicted octanol–water partition coefficient (Wildman–Crippen LogP) is 2.82. The van der Waals surface area contributed by atoms with E-state index in [9.17, 15) is 4.79 Å². The SMILES string of the molecule is Cc1nc(CC(C)C)nc2[nH]c(Cl)c(C(=O)O)c12. The number of rotatable bonds is 3. The van der Waals surface area contributed by atoms with Crippen molar-refractivity contribution in [1.82, 2.24) is 15.0 Å². The molecular weight excluding hydrogens is 254 g/mol. The zero-order valence-electron chi connectivity index (χ0n) is 10.4. The number of carbonyl (C=O) groups is 1. The van der Waals surface area contributed by atoms with Crippen molar-refractivity contribution >= 4 is 28.6 Å². The van der Waals surface area contributed by atoms with E-state index in [0.717, 1.165) is 6.42 Å². The first-order valence-corrected chi connectivity index (χ1v) is 6.06. The molecule has 96 valence electrons. The van der Waals surface area contributed by atoms with E-state index in [4.69, 9.17) is 16.7 Å². The largest absolute Gasteiger partial charge is 0.478 e. The molecule has 0 fully saturated rings. The highest BCUT2D eigenvalue weighted by molar-refractivity contribution is 6.34. The fourth-order valence-corrected chi connectivity index (χ4v) is 2.22. The molecule has 2 rings (SSSR count). The Morgan fingerprint density at radius 3 is 2.67 bits per heavy atom. The number of carboxylic acid groups (broad SMARTS) is 1. The first-order valence-electron chi connectivity index (χ1n) is 5.68. The molecule has 2 aromatic heterocycles. The molecule has 0 radical (unpaired) electrons. The van der Waals surface area contributed by atoms with Crippen molar-refractivity contribution in [3.63, 3.8) is 0 Å². The lowest BCUT2D eigenvalue weighted by atomic mass is 10.1. The van der Waals surface area contributed by atoms with E-state index in [1.165, 1.54) is 0 Å². The number of aryl methyl sites for hydroxylation is 1. The van der Waals surface area contributed by atoms with Gasteiger partial charge in [-0.3, -0.25) is 0 Å². The third-order valence-corrected chi connectivity index (χ3v) is 2.92. The van der Waals surface area contributed by atoms with Crippen molar-refractivity contribution in [2.75, 3.05) is 0 Å². The van der Waals surface area contributed by atoms with E-state index in [0.29, 0.717) is 28.5 Å². The summed E-state index contributed by atoms with van der Waals surface area (Å²) in [6.45, 7) is 5.92. The Labute approximate surface area is 109 Å². The summed E-state index contributed by atoms with van der Waals surface area (Å²) in [5.41, 5.74) is 1.16. The van der Waals surface area contributed by atoms with E-state index in [-0.39, 0.29) is 10.7 Å². The Kier molecular flexibility index (Phi) is 3.26. The highest BCUT2D eigenvalue weighted by atomic mass is 35.5. The zero-order chi connectivity index (χ0) is 13.4. The van der Waals surface area contributed by atoms with Crippen LogP contribution in [0.1, 0.15) is 35.7 Å². The fraction of sp³-hybridized carbons (Fsp3) is 0.417. The maximum Gasteiger partial charge on any atom is 0.339 e. The predicted molar refractivity (Wildman–Crippen MR) is 69.1 cm³/mol. The molecule has 6 heteroatoms. The van der Waals surface area contributed by atoms with Gasteiger partial charge in [-0.1, -0.05) is 25.4 Å². The van der Waals surface area contributed by atoms with Crippen LogP contribution in [0.4, 0.5) is 0 Å². The molecule has 2 aromatic rings. The number of fused-ring (bicyclic) bond motifs is 1. The molecule has 0 unspecified atom stereocenters. The molecule has 18 heavy (non-hydrogen) atoms. The normalized spacial score (nSPS) is 11.4. The summed E-state index contributed by atoms with van der Waals surface area (Å²) in [7, 11) is 0. The van der Waals surface area contributed by atoms with Crippen LogP contribution in [0.15, 0.2) is 0 Å². The van der Waals surface area contributed by atoms with Gasteiger partial charge in [0.05, 0.1) is 11.1 Å². The number of hydrogen-bond donors (Lipinski definition) is 2. The molecule has 2 heterocycles. The first-order chi connectivity index (χ1) is 8.40. The number of hydrogen-bond acceptors (Lipinski definition) is 3. The molecule has 0 aliphatic heterocycles. The van der Waals surface area contributed by atoms with Crippen LogP contribution in [0.3, 0.4) is 0 Å². The van der Waals surface area contributed by atoms with Crippen molar-refractivity contribution in [3.05, 3.63) is 22.2 Å². The number of aromatic carboxylic acids is 1. The second kappa shape index (κ2) is 4.57. The third kappa shape index (κ3) is 2.18. The number of H-pyrrole nitrogens is 1.